The van der Waals surface area contributed by atoms with Crippen molar-refractivity contribution in [3.63, 3.8) is 0 Å². The number of aromatic nitrogens is 2. The van der Waals surface area contributed by atoms with Gasteiger partial charge >= 0.3 is 5.97 Å². The number of nitriles is 1. The van der Waals surface area contributed by atoms with Crippen LogP contribution in [0.5, 0.6) is 0 Å². The Morgan fingerprint density at radius 1 is 1.18 bits per heavy atom. The first kappa shape index (κ1) is 19.0. The maximum Gasteiger partial charge on any atom is 0.357 e. The lowest BCUT2D eigenvalue weighted by Crippen LogP contribution is -2.28. The number of nitrogens with zero attached hydrogens (tertiary/aromatic N) is 3. The number of rotatable bonds is 4. The zero-order chi connectivity index (χ0) is 20.3. The molecule has 3 rings (SSSR count). The van der Waals surface area contributed by atoms with Gasteiger partial charge in [0, 0.05) is 10.6 Å². The first-order chi connectivity index (χ1) is 13.4. The van der Waals surface area contributed by atoms with Crippen LogP contribution in [0.3, 0.4) is 0 Å². The van der Waals surface area contributed by atoms with E-state index in [2.05, 4.69) is 5.10 Å². The van der Waals surface area contributed by atoms with Crippen LogP contribution in [0, 0.1) is 17.1 Å². The molecule has 0 aliphatic rings. The Morgan fingerprint density at radius 2 is 1.86 bits per heavy atom. The van der Waals surface area contributed by atoms with Gasteiger partial charge in [-0.3, -0.25) is 4.79 Å². The monoisotopic (exact) mass is 395 g/mol. The van der Waals surface area contributed by atoms with E-state index in [-0.39, 0.29) is 11.3 Å². The second kappa shape index (κ2) is 7.86. The molecule has 2 aromatic carbocycles. The number of carboxylic acids is 1. The molecule has 0 spiro atoms. The highest BCUT2D eigenvalue weighted by Crippen LogP contribution is 2.20. The molecule has 0 fully saturated rings. The Kier molecular flexibility index (Phi) is 5.34. The summed E-state index contributed by atoms with van der Waals surface area (Å²) in [4.78, 5) is 24.4. The molecule has 8 heteroatoms. The summed E-state index contributed by atoms with van der Waals surface area (Å²) in [5.74, 6) is -1.96. The van der Waals surface area contributed by atoms with Gasteiger partial charge in [-0.25, -0.2) is 9.18 Å². The lowest BCUT2D eigenvalue weighted by molar-refractivity contribution is 0.0688. The molecule has 0 saturated heterocycles. The van der Waals surface area contributed by atoms with Crippen molar-refractivity contribution < 1.29 is 14.3 Å². The van der Waals surface area contributed by atoms with E-state index >= 15 is 0 Å². The maximum atomic E-state index is 13.1. The van der Waals surface area contributed by atoms with E-state index in [0.29, 0.717) is 10.6 Å². The lowest BCUT2D eigenvalue weighted by Gasteiger charge is -2.09. The molecule has 1 heterocycles. The normalized spacial score (nSPS) is 10.8. The standard InChI is InChI=1S/C20H11ClFN3O3/c21-17-4-2-1-3-12(17)5-10-15-16(11-23)19(26)25(24-18(15)20(27)28)14-8-6-13(22)7-9-14/h1-10H,(H,27,28)/b10-5-. The van der Waals surface area contributed by atoms with Crippen molar-refractivity contribution in [2.45, 2.75) is 0 Å². The van der Waals surface area contributed by atoms with Crippen LogP contribution in [-0.4, -0.2) is 20.9 Å². The Labute approximate surface area is 163 Å². The van der Waals surface area contributed by atoms with Gasteiger partial charge in [-0.15, -0.1) is 0 Å². The molecular formula is C20H11ClFN3O3. The van der Waals surface area contributed by atoms with Crippen LogP contribution in [-0.2, 0) is 0 Å². The molecule has 0 atom stereocenters. The summed E-state index contributed by atoms with van der Waals surface area (Å²) in [5, 5.41) is 23.3. The van der Waals surface area contributed by atoms with E-state index in [1.54, 1.807) is 30.3 Å². The van der Waals surface area contributed by atoms with Crippen molar-refractivity contribution in [2.75, 3.05) is 0 Å². The third kappa shape index (κ3) is 3.68. The molecule has 0 unspecified atom stereocenters. The van der Waals surface area contributed by atoms with Crippen molar-refractivity contribution in [2.24, 2.45) is 0 Å². The molecule has 28 heavy (non-hydrogen) atoms. The molecule has 0 saturated carbocycles. The second-order valence-electron chi connectivity index (χ2n) is 5.60. The first-order valence-electron chi connectivity index (χ1n) is 7.91. The van der Waals surface area contributed by atoms with Gasteiger partial charge in [-0.1, -0.05) is 42.0 Å². The van der Waals surface area contributed by atoms with E-state index < -0.39 is 28.6 Å². The Hall–Kier alpha value is -3.76. The molecule has 0 bridgehead atoms. The SMILES string of the molecule is N#Cc1c(/C=C\c2ccccc2Cl)c(C(=O)O)nn(-c2ccc(F)cc2)c1=O. The Balaban J connectivity index is 2.23. The van der Waals surface area contributed by atoms with Gasteiger partial charge in [-0.2, -0.15) is 15.0 Å². The third-order valence-corrected chi connectivity index (χ3v) is 4.20. The number of hydrogen-bond donors (Lipinski definition) is 1. The van der Waals surface area contributed by atoms with Crippen LogP contribution < -0.4 is 5.56 Å². The van der Waals surface area contributed by atoms with E-state index in [9.17, 15) is 24.3 Å². The summed E-state index contributed by atoms with van der Waals surface area (Å²) in [6, 6.07) is 13.3. The van der Waals surface area contributed by atoms with Crippen LogP contribution in [0.15, 0.2) is 53.3 Å². The van der Waals surface area contributed by atoms with Crippen LogP contribution in [0.1, 0.15) is 27.2 Å². The number of hydrogen-bond acceptors (Lipinski definition) is 4. The number of carbonyl (C=O) groups is 1. The van der Waals surface area contributed by atoms with Gasteiger partial charge in [0.1, 0.15) is 17.4 Å². The summed E-state index contributed by atoms with van der Waals surface area (Å²) in [5.41, 5.74) is -1.15. The first-order valence-corrected chi connectivity index (χ1v) is 8.29. The lowest BCUT2D eigenvalue weighted by atomic mass is 10.1. The number of halogens is 2. The van der Waals surface area contributed by atoms with Gasteiger partial charge in [-0.05, 0) is 35.9 Å². The molecule has 0 radical (unpaired) electrons. The van der Waals surface area contributed by atoms with Gasteiger partial charge < -0.3 is 5.11 Å². The highest BCUT2D eigenvalue weighted by atomic mass is 35.5. The van der Waals surface area contributed by atoms with Crippen LogP contribution >= 0.6 is 11.6 Å². The smallest absolute Gasteiger partial charge is 0.357 e. The zero-order valence-electron chi connectivity index (χ0n) is 14.1. The minimum atomic E-state index is -1.42. The van der Waals surface area contributed by atoms with E-state index in [4.69, 9.17) is 11.6 Å². The van der Waals surface area contributed by atoms with Crippen molar-refractivity contribution in [1.29, 1.82) is 5.26 Å². The van der Waals surface area contributed by atoms with Gasteiger partial charge in [0.15, 0.2) is 5.69 Å². The fraction of sp³-hybridized carbons (Fsp3) is 0. The Morgan fingerprint density at radius 3 is 2.46 bits per heavy atom. The molecule has 6 nitrogen and oxygen atoms in total. The fourth-order valence-electron chi connectivity index (χ4n) is 2.51. The number of aromatic carboxylic acids is 1. The molecule has 3 aromatic rings. The number of carboxylic acid groups (broad SMARTS) is 1. The highest BCUT2D eigenvalue weighted by Gasteiger charge is 2.21. The maximum absolute atomic E-state index is 13.1. The van der Waals surface area contributed by atoms with Crippen molar-refractivity contribution in [3.05, 3.63) is 92.1 Å². The fourth-order valence-corrected chi connectivity index (χ4v) is 2.71. The van der Waals surface area contributed by atoms with Crippen molar-refractivity contribution in [3.8, 4) is 11.8 Å². The van der Waals surface area contributed by atoms with Gasteiger partial charge in [0.2, 0.25) is 0 Å². The van der Waals surface area contributed by atoms with E-state index in [0.717, 1.165) is 16.8 Å². The van der Waals surface area contributed by atoms with Crippen molar-refractivity contribution >= 4 is 29.7 Å². The summed E-state index contributed by atoms with van der Waals surface area (Å²) in [6.45, 7) is 0. The van der Waals surface area contributed by atoms with Crippen LogP contribution in [0.2, 0.25) is 5.02 Å². The van der Waals surface area contributed by atoms with E-state index in [1.807, 2.05) is 0 Å². The Bertz CT molecular complexity index is 1190. The zero-order valence-corrected chi connectivity index (χ0v) is 14.9. The highest BCUT2D eigenvalue weighted by molar-refractivity contribution is 6.32. The third-order valence-electron chi connectivity index (χ3n) is 3.85. The molecule has 0 aliphatic carbocycles. The second-order valence-corrected chi connectivity index (χ2v) is 6.01. The molecular weight excluding hydrogens is 385 g/mol. The minimum absolute atomic E-state index is 0.132. The van der Waals surface area contributed by atoms with Crippen LogP contribution in [0.4, 0.5) is 4.39 Å². The average molecular weight is 396 g/mol. The summed E-state index contributed by atoms with van der Waals surface area (Å²) < 4.78 is 13.9. The molecule has 0 aliphatic heterocycles. The van der Waals surface area contributed by atoms with Crippen molar-refractivity contribution in [1.82, 2.24) is 9.78 Å². The largest absolute Gasteiger partial charge is 0.476 e. The van der Waals surface area contributed by atoms with Gasteiger partial charge in [0.05, 0.1) is 5.69 Å². The van der Waals surface area contributed by atoms with Crippen LogP contribution in [0.25, 0.3) is 17.8 Å². The minimum Gasteiger partial charge on any atom is -0.476 e. The predicted octanol–water partition coefficient (Wildman–Crippen LogP) is 3.77. The molecule has 0 amide bonds. The average Bonchev–Trinajstić information content (AvgIpc) is 2.68. The van der Waals surface area contributed by atoms with E-state index in [1.165, 1.54) is 24.3 Å². The quantitative estimate of drug-likeness (QED) is 0.725. The van der Waals surface area contributed by atoms with Gasteiger partial charge in [0.25, 0.3) is 5.56 Å². The summed E-state index contributed by atoms with van der Waals surface area (Å²) in [7, 11) is 0. The molecule has 138 valence electrons. The predicted molar refractivity (Wildman–Crippen MR) is 102 cm³/mol. The number of benzene rings is 2. The molecule has 1 N–H and O–H groups in total. The summed E-state index contributed by atoms with van der Waals surface area (Å²) in [6.07, 6.45) is 2.81. The topological polar surface area (TPSA) is 96.0 Å². The molecule has 1 aromatic heterocycles. The summed E-state index contributed by atoms with van der Waals surface area (Å²) >= 11 is 6.07.